The summed E-state index contributed by atoms with van der Waals surface area (Å²) in [4.78, 5) is 11.0. The van der Waals surface area contributed by atoms with Crippen LogP contribution < -0.4 is 0 Å². The van der Waals surface area contributed by atoms with Crippen molar-refractivity contribution < 1.29 is 9.90 Å². The van der Waals surface area contributed by atoms with Crippen LogP contribution in [0.5, 0.6) is 0 Å². The highest BCUT2D eigenvalue weighted by atomic mass is 16.4. The second kappa shape index (κ2) is 3.62. The van der Waals surface area contributed by atoms with E-state index in [9.17, 15) is 4.79 Å². The van der Waals surface area contributed by atoms with Gasteiger partial charge in [0.05, 0.1) is 5.41 Å². The van der Waals surface area contributed by atoms with Crippen LogP contribution in [0.25, 0.3) is 0 Å². The average molecular weight is 218 g/mol. The highest BCUT2D eigenvalue weighted by molar-refractivity contribution is 5.80. The lowest BCUT2D eigenvalue weighted by Crippen LogP contribution is -2.12. The van der Waals surface area contributed by atoms with Crippen molar-refractivity contribution in [1.82, 2.24) is 0 Å². The monoisotopic (exact) mass is 218 g/mol. The van der Waals surface area contributed by atoms with E-state index < -0.39 is 11.4 Å². The molecule has 0 heterocycles. The van der Waals surface area contributed by atoms with Gasteiger partial charge in [-0.3, -0.25) is 4.79 Å². The molecular weight excluding hydrogens is 200 g/mol. The molecule has 0 spiro atoms. The minimum Gasteiger partial charge on any atom is -0.481 e. The molecule has 2 rings (SSSR count). The quantitative estimate of drug-likeness (QED) is 0.844. The maximum Gasteiger partial charge on any atom is 0.309 e. The van der Waals surface area contributed by atoms with Gasteiger partial charge in [-0.2, -0.15) is 0 Å². The van der Waals surface area contributed by atoms with Crippen molar-refractivity contribution in [3.8, 4) is 0 Å². The fraction of sp³-hybridized carbons (Fsp3) is 0.500. The first-order chi connectivity index (χ1) is 7.45. The zero-order valence-corrected chi connectivity index (χ0v) is 10.0. The predicted octanol–water partition coefficient (Wildman–Crippen LogP) is 3.39. The Morgan fingerprint density at radius 1 is 1.38 bits per heavy atom. The zero-order chi connectivity index (χ0) is 11.9. The van der Waals surface area contributed by atoms with Gasteiger partial charge in [0.1, 0.15) is 0 Å². The van der Waals surface area contributed by atoms with Crippen LogP contribution in [0.15, 0.2) is 24.3 Å². The SMILES string of the molecule is CC(C)c1ccc(C2CC2(C)C(=O)O)cc1. The van der Waals surface area contributed by atoms with Crippen LogP contribution in [0, 0.1) is 5.41 Å². The van der Waals surface area contributed by atoms with Crippen molar-refractivity contribution in [3.05, 3.63) is 35.4 Å². The first-order valence-electron chi connectivity index (χ1n) is 5.78. The van der Waals surface area contributed by atoms with Crippen LogP contribution in [-0.4, -0.2) is 11.1 Å². The molecule has 1 saturated carbocycles. The third kappa shape index (κ3) is 1.73. The third-order valence-corrected chi connectivity index (χ3v) is 3.73. The molecule has 1 aliphatic rings. The van der Waals surface area contributed by atoms with Crippen LogP contribution in [0.3, 0.4) is 0 Å². The van der Waals surface area contributed by atoms with Crippen LogP contribution in [0.1, 0.15) is 50.2 Å². The summed E-state index contributed by atoms with van der Waals surface area (Å²) >= 11 is 0. The average Bonchev–Trinajstić information content (AvgIpc) is 2.93. The topological polar surface area (TPSA) is 37.3 Å². The molecule has 2 nitrogen and oxygen atoms in total. The second-order valence-electron chi connectivity index (χ2n) is 5.30. The Morgan fingerprint density at radius 3 is 2.31 bits per heavy atom. The number of carboxylic acids is 1. The predicted molar refractivity (Wildman–Crippen MR) is 63.6 cm³/mol. The lowest BCUT2D eigenvalue weighted by Gasteiger charge is -2.08. The zero-order valence-electron chi connectivity index (χ0n) is 10.0. The summed E-state index contributed by atoms with van der Waals surface area (Å²) in [6.45, 7) is 6.15. The van der Waals surface area contributed by atoms with Crippen LogP contribution in [0.4, 0.5) is 0 Å². The van der Waals surface area contributed by atoms with E-state index in [0.717, 1.165) is 12.0 Å². The largest absolute Gasteiger partial charge is 0.481 e. The summed E-state index contributed by atoms with van der Waals surface area (Å²) in [6, 6.07) is 8.38. The molecule has 0 bridgehead atoms. The minimum atomic E-state index is -0.676. The normalized spacial score (nSPS) is 28.1. The molecule has 1 aromatic carbocycles. The molecule has 0 amide bonds. The van der Waals surface area contributed by atoms with Gasteiger partial charge < -0.3 is 5.11 Å². The highest BCUT2D eigenvalue weighted by Gasteiger charge is 2.56. The van der Waals surface area contributed by atoms with E-state index in [1.54, 1.807) is 0 Å². The number of aliphatic carboxylic acids is 1. The maximum absolute atomic E-state index is 11.0. The summed E-state index contributed by atoms with van der Waals surface area (Å²) in [6.07, 6.45) is 0.767. The summed E-state index contributed by atoms with van der Waals surface area (Å²) < 4.78 is 0. The Labute approximate surface area is 96.3 Å². The third-order valence-electron chi connectivity index (χ3n) is 3.73. The van der Waals surface area contributed by atoms with E-state index in [2.05, 4.69) is 38.1 Å². The molecular formula is C14H18O2. The molecule has 0 aliphatic heterocycles. The van der Waals surface area contributed by atoms with Gasteiger partial charge in [0, 0.05) is 5.92 Å². The van der Waals surface area contributed by atoms with E-state index in [4.69, 9.17) is 5.11 Å². The fourth-order valence-electron chi connectivity index (χ4n) is 2.20. The molecule has 0 saturated heterocycles. The van der Waals surface area contributed by atoms with Crippen LogP contribution >= 0.6 is 0 Å². The Morgan fingerprint density at radius 2 is 1.94 bits per heavy atom. The van der Waals surface area contributed by atoms with Crippen LogP contribution in [-0.2, 0) is 4.79 Å². The van der Waals surface area contributed by atoms with Gasteiger partial charge in [-0.25, -0.2) is 0 Å². The number of rotatable bonds is 3. The van der Waals surface area contributed by atoms with E-state index in [-0.39, 0.29) is 5.92 Å². The van der Waals surface area contributed by atoms with Crippen molar-refractivity contribution in [2.45, 2.75) is 39.0 Å². The van der Waals surface area contributed by atoms with Crippen molar-refractivity contribution in [2.24, 2.45) is 5.41 Å². The number of benzene rings is 1. The second-order valence-corrected chi connectivity index (χ2v) is 5.30. The van der Waals surface area contributed by atoms with Gasteiger partial charge in [0.2, 0.25) is 0 Å². The highest BCUT2D eigenvalue weighted by Crippen LogP contribution is 2.59. The number of carbonyl (C=O) groups is 1. The van der Waals surface area contributed by atoms with Crippen molar-refractivity contribution >= 4 is 5.97 Å². The Hall–Kier alpha value is -1.31. The van der Waals surface area contributed by atoms with E-state index in [0.29, 0.717) is 5.92 Å². The number of hydrogen-bond donors (Lipinski definition) is 1. The molecule has 0 radical (unpaired) electrons. The minimum absolute atomic E-state index is 0.200. The Kier molecular flexibility index (Phi) is 2.53. The summed E-state index contributed by atoms with van der Waals surface area (Å²) in [5.74, 6) is 0.0516. The van der Waals surface area contributed by atoms with Gasteiger partial charge in [-0.15, -0.1) is 0 Å². The standard InChI is InChI=1S/C14H18O2/c1-9(2)10-4-6-11(7-5-10)12-8-14(12,3)13(15)16/h4-7,9,12H,8H2,1-3H3,(H,15,16). The van der Waals surface area contributed by atoms with Gasteiger partial charge >= 0.3 is 5.97 Å². The lowest BCUT2D eigenvalue weighted by molar-refractivity contribution is -0.142. The Bertz CT molecular complexity index is 405. The van der Waals surface area contributed by atoms with Crippen molar-refractivity contribution in [2.75, 3.05) is 0 Å². The molecule has 16 heavy (non-hydrogen) atoms. The summed E-state index contributed by atoms with van der Waals surface area (Å²) in [5.41, 5.74) is 1.94. The molecule has 2 atom stereocenters. The van der Waals surface area contributed by atoms with E-state index in [1.807, 2.05) is 6.92 Å². The number of carboxylic acid groups (broad SMARTS) is 1. The molecule has 1 N–H and O–H groups in total. The number of hydrogen-bond acceptors (Lipinski definition) is 1. The summed E-state index contributed by atoms with van der Waals surface area (Å²) in [7, 11) is 0. The van der Waals surface area contributed by atoms with E-state index >= 15 is 0 Å². The molecule has 1 aromatic rings. The fourth-order valence-corrected chi connectivity index (χ4v) is 2.20. The van der Waals surface area contributed by atoms with Crippen LogP contribution in [0.2, 0.25) is 0 Å². The van der Waals surface area contributed by atoms with Crippen molar-refractivity contribution in [1.29, 1.82) is 0 Å². The Balaban J connectivity index is 2.16. The molecule has 2 unspecified atom stereocenters. The summed E-state index contributed by atoms with van der Waals surface area (Å²) in [5, 5.41) is 9.09. The molecule has 86 valence electrons. The molecule has 1 aliphatic carbocycles. The van der Waals surface area contributed by atoms with E-state index in [1.165, 1.54) is 5.56 Å². The molecule has 0 aromatic heterocycles. The maximum atomic E-state index is 11.0. The van der Waals surface area contributed by atoms with Gasteiger partial charge in [-0.05, 0) is 30.4 Å². The van der Waals surface area contributed by atoms with Gasteiger partial charge in [0.15, 0.2) is 0 Å². The van der Waals surface area contributed by atoms with Gasteiger partial charge in [0.25, 0.3) is 0 Å². The lowest BCUT2D eigenvalue weighted by atomic mass is 9.97. The van der Waals surface area contributed by atoms with Gasteiger partial charge in [-0.1, -0.05) is 38.1 Å². The van der Waals surface area contributed by atoms with Crippen molar-refractivity contribution in [3.63, 3.8) is 0 Å². The smallest absolute Gasteiger partial charge is 0.309 e. The first kappa shape index (κ1) is 11.2. The first-order valence-corrected chi connectivity index (χ1v) is 5.78. The molecule has 1 fully saturated rings. The molecule has 2 heteroatoms.